The molecule has 2 rings (SSSR count). The molecule has 0 atom stereocenters. The summed E-state index contributed by atoms with van der Waals surface area (Å²) in [4.78, 5) is 3.94. The topological polar surface area (TPSA) is 71.1 Å². The summed E-state index contributed by atoms with van der Waals surface area (Å²) in [6.45, 7) is 2.12. The number of pyridine rings is 1. The molecule has 0 saturated heterocycles. The number of hydrogen-bond acceptors (Lipinski definition) is 4. The Hall–Kier alpha value is -1.14. The zero-order valence-electron chi connectivity index (χ0n) is 9.97. The zero-order chi connectivity index (χ0) is 12.5. The molecule has 0 aromatic carbocycles. The number of sulfonamides is 1. The van der Waals surface area contributed by atoms with E-state index in [0.29, 0.717) is 11.6 Å². The van der Waals surface area contributed by atoms with Crippen LogP contribution in [-0.2, 0) is 10.0 Å². The van der Waals surface area contributed by atoms with Gasteiger partial charge in [-0.25, -0.2) is 18.1 Å². The molecule has 94 valence electrons. The van der Waals surface area contributed by atoms with Crippen molar-refractivity contribution in [1.82, 2.24) is 9.71 Å². The van der Waals surface area contributed by atoms with E-state index in [9.17, 15) is 8.42 Å². The maximum atomic E-state index is 12.1. The fourth-order valence-electron chi connectivity index (χ4n) is 2.07. The Labute approximate surface area is 102 Å². The Balaban J connectivity index is 2.19. The molecular formula is C11H17N3O2S. The van der Waals surface area contributed by atoms with Gasteiger partial charge in [0.25, 0.3) is 10.0 Å². The van der Waals surface area contributed by atoms with Crippen LogP contribution in [0, 0.1) is 5.92 Å². The summed E-state index contributed by atoms with van der Waals surface area (Å²) in [5.74, 6) is 0.607. The van der Waals surface area contributed by atoms with Gasteiger partial charge in [-0.15, -0.1) is 0 Å². The Morgan fingerprint density at radius 1 is 1.41 bits per heavy atom. The van der Waals surface area contributed by atoms with Crippen LogP contribution in [-0.4, -0.2) is 26.5 Å². The molecule has 1 aliphatic carbocycles. The van der Waals surface area contributed by atoms with Crippen LogP contribution in [0.25, 0.3) is 0 Å². The molecule has 0 radical (unpaired) electrons. The highest BCUT2D eigenvalue weighted by Crippen LogP contribution is 2.28. The van der Waals surface area contributed by atoms with E-state index in [-0.39, 0.29) is 11.1 Å². The van der Waals surface area contributed by atoms with E-state index in [1.54, 1.807) is 19.2 Å². The number of rotatable bonds is 4. The molecule has 5 nitrogen and oxygen atoms in total. The highest BCUT2D eigenvalue weighted by Gasteiger charge is 2.31. The smallest absolute Gasteiger partial charge is 0.260 e. The normalized spacial score (nSPS) is 24.1. The minimum Gasteiger partial charge on any atom is -0.386 e. The first-order valence-electron chi connectivity index (χ1n) is 5.68. The molecule has 17 heavy (non-hydrogen) atoms. The van der Waals surface area contributed by atoms with Gasteiger partial charge in [0.05, 0.1) is 5.69 Å². The van der Waals surface area contributed by atoms with E-state index in [0.717, 1.165) is 12.8 Å². The summed E-state index contributed by atoms with van der Waals surface area (Å²) in [6.07, 6.45) is 3.29. The average Bonchev–Trinajstić information content (AvgIpc) is 2.26. The predicted octanol–water partition coefficient (Wildman–Crippen LogP) is 1.20. The van der Waals surface area contributed by atoms with Gasteiger partial charge in [-0.05, 0) is 30.9 Å². The van der Waals surface area contributed by atoms with Crippen molar-refractivity contribution in [3.05, 3.63) is 18.3 Å². The summed E-state index contributed by atoms with van der Waals surface area (Å²) < 4.78 is 26.9. The second-order valence-corrected chi connectivity index (χ2v) is 6.13. The third-order valence-corrected chi connectivity index (χ3v) is 4.47. The monoisotopic (exact) mass is 255 g/mol. The lowest BCUT2D eigenvalue weighted by atomic mass is 9.83. The van der Waals surface area contributed by atoms with E-state index >= 15 is 0 Å². The standard InChI is InChI=1S/C11H17N3O2S/c1-8-6-9(7-8)14-17(15,16)11-10(12-2)4-3-5-13-11/h3-5,8-9,12,14H,6-7H2,1-2H3. The lowest BCUT2D eigenvalue weighted by molar-refractivity contribution is 0.270. The summed E-state index contributed by atoms with van der Waals surface area (Å²) in [5, 5.41) is 2.91. The molecule has 1 saturated carbocycles. The summed E-state index contributed by atoms with van der Waals surface area (Å²) in [6, 6.07) is 3.46. The first-order valence-corrected chi connectivity index (χ1v) is 7.16. The molecule has 0 amide bonds. The zero-order valence-corrected chi connectivity index (χ0v) is 10.8. The van der Waals surface area contributed by atoms with Gasteiger partial charge in [-0.2, -0.15) is 0 Å². The van der Waals surface area contributed by atoms with Crippen molar-refractivity contribution < 1.29 is 8.42 Å². The maximum Gasteiger partial charge on any atom is 0.260 e. The van der Waals surface area contributed by atoms with Gasteiger partial charge in [0.1, 0.15) is 0 Å². The summed E-state index contributed by atoms with van der Waals surface area (Å²) >= 11 is 0. The third-order valence-electron chi connectivity index (χ3n) is 2.99. The minimum atomic E-state index is -3.51. The number of aromatic nitrogens is 1. The first kappa shape index (κ1) is 12.3. The molecule has 6 heteroatoms. The van der Waals surface area contributed by atoms with Crippen molar-refractivity contribution in [1.29, 1.82) is 0 Å². The summed E-state index contributed by atoms with van der Waals surface area (Å²) in [5.41, 5.74) is 0.521. The maximum absolute atomic E-state index is 12.1. The van der Waals surface area contributed by atoms with E-state index in [4.69, 9.17) is 0 Å². The van der Waals surface area contributed by atoms with Gasteiger partial charge < -0.3 is 5.32 Å². The second-order valence-electron chi connectivity index (χ2n) is 4.50. The molecular weight excluding hydrogens is 238 g/mol. The largest absolute Gasteiger partial charge is 0.386 e. The lowest BCUT2D eigenvalue weighted by Crippen LogP contribution is -2.43. The minimum absolute atomic E-state index is 0.0571. The van der Waals surface area contributed by atoms with E-state index < -0.39 is 10.0 Å². The van der Waals surface area contributed by atoms with Crippen molar-refractivity contribution in [2.75, 3.05) is 12.4 Å². The van der Waals surface area contributed by atoms with Crippen LogP contribution < -0.4 is 10.0 Å². The molecule has 1 aliphatic rings. The van der Waals surface area contributed by atoms with Crippen molar-refractivity contribution in [2.45, 2.75) is 30.8 Å². The van der Waals surface area contributed by atoms with Crippen LogP contribution in [0.1, 0.15) is 19.8 Å². The Kier molecular flexibility index (Phi) is 3.35. The number of anilines is 1. The lowest BCUT2D eigenvalue weighted by Gasteiger charge is -2.32. The molecule has 0 aliphatic heterocycles. The second kappa shape index (κ2) is 4.62. The van der Waals surface area contributed by atoms with Crippen molar-refractivity contribution in [2.24, 2.45) is 5.92 Å². The number of hydrogen-bond donors (Lipinski definition) is 2. The van der Waals surface area contributed by atoms with Gasteiger partial charge in [-0.1, -0.05) is 6.92 Å². The Bertz CT molecular complexity index is 495. The van der Waals surface area contributed by atoms with Crippen LogP contribution in [0.3, 0.4) is 0 Å². The van der Waals surface area contributed by atoms with Gasteiger partial charge in [0.15, 0.2) is 5.03 Å². The number of nitrogens with one attached hydrogen (secondary N) is 2. The highest BCUT2D eigenvalue weighted by atomic mass is 32.2. The first-order chi connectivity index (χ1) is 8.03. The third kappa shape index (κ3) is 2.58. The van der Waals surface area contributed by atoms with Crippen LogP contribution in [0.15, 0.2) is 23.4 Å². The average molecular weight is 255 g/mol. The number of nitrogens with zero attached hydrogens (tertiary/aromatic N) is 1. The predicted molar refractivity (Wildman–Crippen MR) is 66.3 cm³/mol. The summed E-state index contributed by atoms with van der Waals surface area (Å²) in [7, 11) is -1.83. The molecule has 1 aromatic heterocycles. The van der Waals surface area contributed by atoms with Crippen LogP contribution >= 0.6 is 0 Å². The van der Waals surface area contributed by atoms with Crippen molar-refractivity contribution in [3.63, 3.8) is 0 Å². The van der Waals surface area contributed by atoms with Gasteiger partial charge in [-0.3, -0.25) is 0 Å². The fourth-order valence-corrected chi connectivity index (χ4v) is 3.47. The van der Waals surface area contributed by atoms with Crippen LogP contribution in [0.2, 0.25) is 0 Å². The van der Waals surface area contributed by atoms with Crippen molar-refractivity contribution >= 4 is 15.7 Å². The fraction of sp³-hybridized carbons (Fsp3) is 0.545. The molecule has 1 aromatic rings. The molecule has 0 spiro atoms. The molecule has 0 unspecified atom stereocenters. The Morgan fingerprint density at radius 3 is 2.71 bits per heavy atom. The molecule has 1 fully saturated rings. The van der Waals surface area contributed by atoms with Crippen LogP contribution in [0.5, 0.6) is 0 Å². The molecule has 1 heterocycles. The van der Waals surface area contributed by atoms with E-state index in [1.165, 1.54) is 6.20 Å². The van der Waals surface area contributed by atoms with Gasteiger partial charge in [0.2, 0.25) is 0 Å². The molecule has 2 N–H and O–H groups in total. The van der Waals surface area contributed by atoms with Gasteiger partial charge >= 0.3 is 0 Å². The van der Waals surface area contributed by atoms with Crippen LogP contribution in [0.4, 0.5) is 5.69 Å². The van der Waals surface area contributed by atoms with E-state index in [2.05, 4.69) is 21.9 Å². The Morgan fingerprint density at radius 2 is 2.12 bits per heavy atom. The van der Waals surface area contributed by atoms with Gasteiger partial charge in [0, 0.05) is 19.3 Å². The SMILES string of the molecule is CNc1cccnc1S(=O)(=O)NC1CC(C)C1. The quantitative estimate of drug-likeness (QED) is 0.848. The van der Waals surface area contributed by atoms with Crippen molar-refractivity contribution in [3.8, 4) is 0 Å². The highest BCUT2D eigenvalue weighted by molar-refractivity contribution is 7.89. The van der Waals surface area contributed by atoms with E-state index in [1.807, 2.05) is 0 Å². The molecule has 0 bridgehead atoms.